The van der Waals surface area contributed by atoms with Crippen molar-refractivity contribution in [3.8, 4) is 0 Å². The Morgan fingerprint density at radius 1 is 1.14 bits per heavy atom. The first-order valence-electron chi connectivity index (χ1n) is 4.20. The molecule has 3 nitrogen and oxygen atoms in total. The molecule has 2 amide bonds. The highest BCUT2D eigenvalue weighted by molar-refractivity contribution is 6.08. The van der Waals surface area contributed by atoms with Crippen molar-refractivity contribution >= 4 is 11.8 Å². The van der Waals surface area contributed by atoms with Gasteiger partial charge in [-0.1, -0.05) is 19.2 Å². The summed E-state index contributed by atoms with van der Waals surface area (Å²) in [5, 5.41) is 0. The Kier molecular flexibility index (Phi) is 4.56. The minimum absolute atomic E-state index is 0.178. The van der Waals surface area contributed by atoms with Crippen molar-refractivity contribution < 1.29 is 9.59 Å². The van der Waals surface area contributed by atoms with Crippen molar-refractivity contribution in [2.75, 3.05) is 6.54 Å². The van der Waals surface area contributed by atoms with E-state index < -0.39 is 11.8 Å². The average Bonchev–Trinajstić information content (AvgIpc) is 2.11. The molecule has 0 atom stereocenters. The van der Waals surface area contributed by atoms with E-state index in [1.165, 1.54) is 6.08 Å². The van der Waals surface area contributed by atoms with Gasteiger partial charge in [0.15, 0.2) is 0 Å². The lowest BCUT2D eigenvalue weighted by Gasteiger charge is -2.18. The Balaban J connectivity index is 4.85. The number of imide groups is 1. The average molecular weight is 193 g/mol. The molecule has 0 aromatic carbocycles. The molecule has 0 saturated heterocycles. The van der Waals surface area contributed by atoms with E-state index in [2.05, 4.69) is 19.7 Å². The predicted molar refractivity (Wildman–Crippen MR) is 56.5 cm³/mol. The highest BCUT2D eigenvalue weighted by Crippen LogP contribution is 2.04. The van der Waals surface area contributed by atoms with Crippen LogP contribution in [0.4, 0.5) is 0 Å². The maximum atomic E-state index is 11.5. The molecule has 0 fully saturated rings. The Morgan fingerprint density at radius 3 is 1.71 bits per heavy atom. The van der Waals surface area contributed by atoms with Crippen LogP contribution in [0.3, 0.4) is 0 Å². The Morgan fingerprint density at radius 2 is 1.50 bits per heavy atom. The van der Waals surface area contributed by atoms with Gasteiger partial charge in [-0.2, -0.15) is 0 Å². The van der Waals surface area contributed by atoms with Crippen LogP contribution >= 0.6 is 0 Å². The second-order valence-corrected chi connectivity index (χ2v) is 3.07. The molecule has 0 heterocycles. The molecule has 0 rings (SSSR count). The maximum Gasteiger partial charge on any atom is 0.256 e. The van der Waals surface area contributed by atoms with Gasteiger partial charge >= 0.3 is 0 Å². The Labute approximate surface area is 84.4 Å². The molecule has 0 radical (unpaired) electrons. The zero-order valence-electron chi connectivity index (χ0n) is 8.67. The molecule has 14 heavy (non-hydrogen) atoms. The monoisotopic (exact) mass is 193 g/mol. The van der Waals surface area contributed by atoms with Crippen LogP contribution in [0.25, 0.3) is 0 Å². The summed E-state index contributed by atoms with van der Waals surface area (Å²) < 4.78 is 0. The summed E-state index contributed by atoms with van der Waals surface area (Å²) >= 11 is 0. The van der Waals surface area contributed by atoms with Crippen molar-refractivity contribution in [1.82, 2.24) is 4.90 Å². The van der Waals surface area contributed by atoms with Crippen LogP contribution in [0.1, 0.15) is 13.8 Å². The number of hydrogen-bond donors (Lipinski definition) is 0. The minimum Gasteiger partial charge on any atom is -0.271 e. The van der Waals surface area contributed by atoms with E-state index in [4.69, 9.17) is 0 Å². The topological polar surface area (TPSA) is 37.4 Å². The summed E-state index contributed by atoms with van der Waals surface area (Å²) in [6.45, 7) is 13.8. The van der Waals surface area contributed by atoms with E-state index in [1.54, 1.807) is 13.8 Å². The number of carbonyl (C=O) groups is 2. The zero-order valence-corrected chi connectivity index (χ0v) is 8.67. The highest BCUT2D eigenvalue weighted by atomic mass is 16.2. The first-order chi connectivity index (χ1) is 6.41. The van der Waals surface area contributed by atoms with Gasteiger partial charge in [0.05, 0.1) is 0 Å². The summed E-state index contributed by atoms with van der Waals surface area (Å²) in [4.78, 5) is 24.1. The van der Waals surface area contributed by atoms with Crippen molar-refractivity contribution in [1.29, 1.82) is 0 Å². The molecule has 0 spiro atoms. The first-order valence-corrected chi connectivity index (χ1v) is 4.20. The lowest BCUT2D eigenvalue weighted by Crippen LogP contribution is -2.37. The number of hydrogen-bond acceptors (Lipinski definition) is 2. The molecule has 76 valence electrons. The maximum absolute atomic E-state index is 11.5. The fraction of sp³-hybridized carbons (Fsp3) is 0.273. The lowest BCUT2D eigenvalue weighted by atomic mass is 10.2. The third kappa shape index (κ3) is 3.01. The van der Waals surface area contributed by atoms with Gasteiger partial charge in [0.25, 0.3) is 11.8 Å². The molecule has 0 aliphatic rings. The summed E-state index contributed by atoms with van der Waals surface area (Å²) in [6.07, 6.45) is 1.49. The van der Waals surface area contributed by atoms with Crippen molar-refractivity contribution in [3.63, 3.8) is 0 Å². The summed E-state index contributed by atoms with van der Waals surface area (Å²) in [5.74, 6) is -0.782. The van der Waals surface area contributed by atoms with Gasteiger partial charge in [-0.15, -0.1) is 6.58 Å². The molecule has 0 saturated carbocycles. The van der Waals surface area contributed by atoms with Gasteiger partial charge in [-0.05, 0) is 13.8 Å². The van der Waals surface area contributed by atoms with Crippen LogP contribution in [0.15, 0.2) is 37.0 Å². The predicted octanol–water partition coefficient (Wildman–Crippen LogP) is 1.68. The Bertz CT molecular complexity index is 276. The molecule has 0 aromatic heterocycles. The van der Waals surface area contributed by atoms with Crippen LogP contribution in [0.2, 0.25) is 0 Å². The van der Waals surface area contributed by atoms with E-state index in [1.807, 2.05) is 0 Å². The summed E-state index contributed by atoms with van der Waals surface area (Å²) in [7, 11) is 0. The zero-order chi connectivity index (χ0) is 11.3. The highest BCUT2D eigenvalue weighted by Gasteiger charge is 2.20. The van der Waals surface area contributed by atoms with E-state index in [0.29, 0.717) is 11.1 Å². The first kappa shape index (κ1) is 12.4. The molecule has 0 aliphatic carbocycles. The molecular weight excluding hydrogens is 178 g/mol. The van der Waals surface area contributed by atoms with Gasteiger partial charge in [0.2, 0.25) is 0 Å². The third-order valence-electron chi connectivity index (χ3n) is 1.53. The van der Waals surface area contributed by atoms with E-state index in [0.717, 1.165) is 4.90 Å². The van der Waals surface area contributed by atoms with Crippen LogP contribution in [-0.2, 0) is 9.59 Å². The fourth-order valence-corrected chi connectivity index (χ4v) is 0.848. The minimum atomic E-state index is -0.391. The smallest absolute Gasteiger partial charge is 0.256 e. The van der Waals surface area contributed by atoms with Gasteiger partial charge in [0.1, 0.15) is 0 Å². The number of rotatable bonds is 4. The molecule has 0 bridgehead atoms. The molecule has 0 N–H and O–H groups in total. The number of carbonyl (C=O) groups excluding carboxylic acids is 2. The van der Waals surface area contributed by atoms with Crippen LogP contribution in [0.5, 0.6) is 0 Å². The van der Waals surface area contributed by atoms with E-state index in [9.17, 15) is 9.59 Å². The number of amides is 2. The molecule has 3 heteroatoms. The van der Waals surface area contributed by atoms with Crippen LogP contribution < -0.4 is 0 Å². The standard InChI is InChI=1S/C11H15NO2/c1-6-7-12(10(13)8(2)3)11(14)9(4)5/h6H,1-2,4,7H2,3,5H3. The largest absolute Gasteiger partial charge is 0.271 e. The number of nitrogens with zero attached hydrogens (tertiary/aromatic N) is 1. The van der Waals surface area contributed by atoms with Crippen LogP contribution in [-0.4, -0.2) is 23.3 Å². The quantitative estimate of drug-likeness (QED) is 0.503. The van der Waals surface area contributed by atoms with E-state index in [-0.39, 0.29) is 6.54 Å². The van der Waals surface area contributed by atoms with Crippen molar-refractivity contribution in [2.24, 2.45) is 0 Å². The lowest BCUT2D eigenvalue weighted by molar-refractivity contribution is -0.139. The molecule has 0 aromatic rings. The van der Waals surface area contributed by atoms with Crippen molar-refractivity contribution in [3.05, 3.63) is 37.0 Å². The van der Waals surface area contributed by atoms with Crippen molar-refractivity contribution in [2.45, 2.75) is 13.8 Å². The molecule has 0 unspecified atom stereocenters. The normalized spacial score (nSPS) is 9.00. The van der Waals surface area contributed by atoms with Gasteiger partial charge in [0, 0.05) is 17.7 Å². The summed E-state index contributed by atoms with van der Waals surface area (Å²) in [5.41, 5.74) is 0.642. The van der Waals surface area contributed by atoms with Gasteiger partial charge in [-0.25, -0.2) is 0 Å². The fourth-order valence-electron chi connectivity index (χ4n) is 0.848. The SMILES string of the molecule is C=CCN(C(=O)C(=C)C)C(=O)C(=C)C. The molecular formula is C11H15NO2. The summed E-state index contributed by atoms with van der Waals surface area (Å²) in [6, 6.07) is 0. The third-order valence-corrected chi connectivity index (χ3v) is 1.53. The second-order valence-electron chi connectivity index (χ2n) is 3.07. The van der Waals surface area contributed by atoms with E-state index >= 15 is 0 Å². The van der Waals surface area contributed by atoms with Gasteiger partial charge in [-0.3, -0.25) is 14.5 Å². The Hall–Kier alpha value is -1.64. The van der Waals surface area contributed by atoms with Gasteiger partial charge < -0.3 is 0 Å². The second kappa shape index (κ2) is 5.17. The van der Waals surface area contributed by atoms with Crippen LogP contribution in [0, 0.1) is 0 Å². The molecule has 0 aliphatic heterocycles.